The molecule has 5 heteroatoms. The van der Waals surface area contributed by atoms with Gasteiger partial charge in [0.25, 0.3) is 0 Å². The maximum absolute atomic E-state index is 12.0. The summed E-state index contributed by atoms with van der Waals surface area (Å²) < 4.78 is 29.8. The predicted molar refractivity (Wildman–Crippen MR) is 56.8 cm³/mol. The van der Waals surface area contributed by atoms with Gasteiger partial charge < -0.3 is 4.74 Å². The lowest BCUT2D eigenvalue weighted by Gasteiger charge is -2.34. The van der Waals surface area contributed by atoms with Crippen LogP contribution in [0.2, 0.25) is 0 Å². The standard InChI is InChI=1S/C8H11IO3S/c9-8-5-3-7-4(12-5)1-2-6(8)13(7,10)11/h4-8H,1-3H2. The van der Waals surface area contributed by atoms with Crippen molar-refractivity contribution in [2.75, 3.05) is 0 Å². The van der Waals surface area contributed by atoms with Crippen molar-refractivity contribution in [3.63, 3.8) is 0 Å². The van der Waals surface area contributed by atoms with E-state index in [2.05, 4.69) is 22.6 Å². The summed E-state index contributed by atoms with van der Waals surface area (Å²) in [5, 5.41) is -0.280. The average molecular weight is 314 g/mol. The Morgan fingerprint density at radius 2 is 1.92 bits per heavy atom. The topological polar surface area (TPSA) is 43.4 Å². The molecule has 3 nitrogen and oxygen atoms in total. The van der Waals surface area contributed by atoms with E-state index in [-0.39, 0.29) is 26.6 Å². The lowest BCUT2D eigenvalue weighted by atomic mass is 9.99. The van der Waals surface area contributed by atoms with E-state index in [1.807, 2.05) is 0 Å². The Morgan fingerprint density at radius 3 is 2.69 bits per heavy atom. The minimum absolute atomic E-state index is 0.0195. The van der Waals surface area contributed by atoms with Crippen LogP contribution in [0.3, 0.4) is 0 Å². The number of halogens is 1. The van der Waals surface area contributed by atoms with Gasteiger partial charge in [0, 0.05) is 0 Å². The largest absolute Gasteiger partial charge is 0.372 e. The highest BCUT2D eigenvalue weighted by Crippen LogP contribution is 2.47. The number of alkyl halides is 1. The molecule has 13 heavy (non-hydrogen) atoms. The van der Waals surface area contributed by atoms with Gasteiger partial charge >= 0.3 is 0 Å². The molecule has 0 amide bonds. The Balaban J connectivity index is 2.15. The highest BCUT2D eigenvalue weighted by Gasteiger charge is 2.59. The number of rotatable bonds is 0. The van der Waals surface area contributed by atoms with Crippen LogP contribution in [0.1, 0.15) is 19.3 Å². The zero-order chi connectivity index (χ0) is 9.22. The first kappa shape index (κ1) is 8.91. The van der Waals surface area contributed by atoms with Crippen molar-refractivity contribution in [2.24, 2.45) is 0 Å². The number of hydrogen-bond donors (Lipinski definition) is 0. The highest BCUT2D eigenvalue weighted by atomic mass is 127. The van der Waals surface area contributed by atoms with Crippen LogP contribution in [-0.4, -0.2) is 35.1 Å². The summed E-state index contributed by atoms with van der Waals surface area (Å²) in [5.41, 5.74) is 0. The monoisotopic (exact) mass is 314 g/mol. The van der Waals surface area contributed by atoms with E-state index < -0.39 is 9.84 Å². The van der Waals surface area contributed by atoms with Gasteiger partial charge in [-0.05, 0) is 19.3 Å². The first-order chi connectivity index (χ1) is 6.10. The van der Waals surface area contributed by atoms with Gasteiger partial charge in [0.1, 0.15) is 0 Å². The average Bonchev–Trinajstić information content (AvgIpc) is 2.37. The molecule has 3 aliphatic rings. The van der Waals surface area contributed by atoms with Crippen LogP contribution in [0.5, 0.6) is 0 Å². The van der Waals surface area contributed by atoms with E-state index in [1.54, 1.807) is 0 Å². The van der Waals surface area contributed by atoms with E-state index in [4.69, 9.17) is 4.74 Å². The van der Waals surface area contributed by atoms with E-state index >= 15 is 0 Å². The van der Waals surface area contributed by atoms with Crippen molar-refractivity contribution in [1.29, 1.82) is 0 Å². The molecule has 3 aliphatic heterocycles. The molecule has 0 aromatic rings. The van der Waals surface area contributed by atoms with Gasteiger partial charge in [-0.3, -0.25) is 0 Å². The lowest BCUT2D eigenvalue weighted by Crippen LogP contribution is -2.49. The first-order valence-corrected chi connectivity index (χ1v) is 7.48. The molecule has 0 saturated carbocycles. The van der Waals surface area contributed by atoms with Crippen molar-refractivity contribution in [3.8, 4) is 0 Å². The molecule has 0 aromatic carbocycles. The molecule has 74 valence electrons. The molecular formula is C8H11IO3S. The highest BCUT2D eigenvalue weighted by molar-refractivity contribution is 14.1. The molecule has 5 atom stereocenters. The van der Waals surface area contributed by atoms with Crippen molar-refractivity contribution < 1.29 is 13.2 Å². The molecule has 3 heterocycles. The fraction of sp³-hybridized carbons (Fsp3) is 1.00. The molecule has 3 rings (SSSR count). The molecule has 3 saturated heterocycles. The van der Waals surface area contributed by atoms with Gasteiger partial charge in [-0.1, -0.05) is 22.6 Å². The molecule has 3 fully saturated rings. The van der Waals surface area contributed by atoms with Gasteiger partial charge in [-0.25, -0.2) is 8.42 Å². The summed E-state index contributed by atoms with van der Waals surface area (Å²) in [6.45, 7) is 0. The molecule has 0 radical (unpaired) electrons. The molecule has 0 aliphatic carbocycles. The van der Waals surface area contributed by atoms with E-state index in [0.29, 0.717) is 0 Å². The lowest BCUT2D eigenvalue weighted by molar-refractivity contribution is 0.0570. The smallest absolute Gasteiger partial charge is 0.159 e. The van der Waals surface area contributed by atoms with Gasteiger partial charge in [0.05, 0.1) is 26.6 Å². The third-order valence-corrected chi connectivity index (χ3v) is 8.39. The van der Waals surface area contributed by atoms with Crippen LogP contribution in [-0.2, 0) is 14.6 Å². The molecule has 0 aromatic heterocycles. The summed E-state index contributed by atoms with van der Waals surface area (Å²) in [6, 6.07) is 0. The minimum Gasteiger partial charge on any atom is -0.372 e. The van der Waals surface area contributed by atoms with E-state index in [1.165, 1.54) is 0 Å². The Bertz CT molecular complexity index is 339. The minimum atomic E-state index is -2.85. The summed E-state index contributed by atoms with van der Waals surface area (Å²) >= 11 is 2.26. The van der Waals surface area contributed by atoms with Crippen LogP contribution in [0.25, 0.3) is 0 Å². The van der Waals surface area contributed by atoms with Crippen LogP contribution in [0, 0.1) is 0 Å². The van der Waals surface area contributed by atoms with Crippen LogP contribution in [0.15, 0.2) is 0 Å². The summed E-state index contributed by atoms with van der Waals surface area (Å²) in [5.74, 6) is 0. The normalized spacial score (nSPS) is 56.8. The van der Waals surface area contributed by atoms with Gasteiger partial charge in [0.15, 0.2) is 9.84 Å². The number of sulfone groups is 1. The maximum atomic E-state index is 12.0. The number of fused-ring (bicyclic) bond motifs is 2. The fourth-order valence-corrected chi connectivity index (χ4v) is 7.43. The molecule has 3 bridgehead atoms. The third-order valence-electron chi connectivity index (χ3n) is 3.52. The van der Waals surface area contributed by atoms with Crippen molar-refractivity contribution in [3.05, 3.63) is 0 Å². The van der Waals surface area contributed by atoms with Gasteiger partial charge in [-0.15, -0.1) is 0 Å². The second-order valence-corrected chi connectivity index (χ2v) is 7.96. The second kappa shape index (κ2) is 2.61. The Morgan fingerprint density at radius 1 is 1.15 bits per heavy atom. The van der Waals surface area contributed by atoms with Crippen LogP contribution < -0.4 is 0 Å². The first-order valence-electron chi connectivity index (χ1n) is 4.63. The van der Waals surface area contributed by atoms with Crippen LogP contribution in [0.4, 0.5) is 0 Å². The number of hydrogen-bond acceptors (Lipinski definition) is 3. The SMILES string of the molecule is O=S1(=O)C2CC3OC2CCC1C3I. The second-order valence-electron chi connectivity index (χ2n) is 4.14. The summed E-state index contributed by atoms with van der Waals surface area (Å²) in [7, 11) is -2.85. The summed E-state index contributed by atoms with van der Waals surface area (Å²) in [6.07, 6.45) is 2.74. The predicted octanol–water partition coefficient (Wildman–Crippen LogP) is 0.907. The van der Waals surface area contributed by atoms with E-state index in [9.17, 15) is 8.42 Å². The number of ether oxygens (including phenoxy) is 1. The maximum Gasteiger partial charge on any atom is 0.159 e. The Labute approximate surface area is 91.3 Å². The Kier molecular flexibility index (Phi) is 1.79. The Hall–Kier alpha value is 0.640. The van der Waals surface area contributed by atoms with Crippen LogP contribution >= 0.6 is 22.6 Å². The fourth-order valence-electron chi connectivity index (χ4n) is 2.85. The zero-order valence-electron chi connectivity index (χ0n) is 7.02. The summed E-state index contributed by atoms with van der Waals surface area (Å²) in [4.78, 5) is 0. The van der Waals surface area contributed by atoms with Gasteiger partial charge in [-0.2, -0.15) is 0 Å². The molecular weight excluding hydrogens is 303 g/mol. The zero-order valence-corrected chi connectivity index (χ0v) is 9.99. The van der Waals surface area contributed by atoms with Crippen molar-refractivity contribution in [1.82, 2.24) is 0 Å². The molecule has 0 spiro atoms. The third kappa shape index (κ3) is 1.01. The molecule has 0 N–H and O–H groups in total. The molecule has 5 unspecified atom stereocenters. The van der Waals surface area contributed by atoms with Gasteiger partial charge in [0.2, 0.25) is 0 Å². The van der Waals surface area contributed by atoms with Crippen molar-refractivity contribution >= 4 is 32.4 Å². The van der Waals surface area contributed by atoms with Crippen molar-refractivity contribution in [2.45, 2.75) is 45.9 Å². The quantitative estimate of drug-likeness (QED) is 0.493. The van der Waals surface area contributed by atoms with E-state index in [0.717, 1.165) is 19.3 Å².